The molecule has 0 fully saturated rings. The third-order valence-electron chi connectivity index (χ3n) is 4.16. The molecule has 0 radical (unpaired) electrons. The average Bonchev–Trinajstić information content (AvgIpc) is 2.66. The first-order valence-corrected chi connectivity index (χ1v) is 9.52. The summed E-state index contributed by atoms with van der Waals surface area (Å²) < 4.78 is 16.7. The molecule has 1 aromatic heterocycles. The van der Waals surface area contributed by atoms with Gasteiger partial charge in [0, 0.05) is 19.5 Å². The molecule has 0 N–H and O–H groups in total. The molecule has 0 atom stereocenters. The first-order chi connectivity index (χ1) is 12.7. The van der Waals surface area contributed by atoms with E-state index < -0.39 is 0 Å². The molecule has 2 aromatic rings. The maximum atomic E-state index is 5.75. The van der Waals surface area contributed by atoms with Crippen molar-refractivity contribution in [1.29, 1.82) is 0 Å². The quantitative estimate of drug-likeness (QED) is 0.427. The molecule has 0 bridgehead atoms. The Hall–Kier alpha value is -1.95. The summed E-state index contributed by atoms with van der Waals surface area (Å²) in [5, 5.41) is 0.809. The van der Waals surface area contributed by atoms with E-state index in [2.05, 4.69) is 4.98 Å². The number of hydrogen-bond donors (Lipinski definition) is 0. The molecule has 0 spiro atoms. The fourth-order valence-electron chi connectivity index (χ4n) is 2.78. The molecule has 26 heavy (non-hydrogen) atoms. The summed E-state index contributed by atoms with van der Waals surface area (Å²) in [5.74, 6) is 3.12. The summed E-state index contributed by atoms with van der Waals surface area (Å²) >= 11 is 5.73. The second-order valence-electron chi connectivity index (χ2n) is 5.98. The van der Waals surface area contributed by atoms with E-state index in [1.165, 1.54) is 0 Å². The minimum atomic E-state index is 0.530. The number of aromatic nitrogens is 2. The van der Waals surface area contributed by atoms with E-state index >= 15 is 0 Å². The van der Waals surface area contributed by atoms with E-state index in [1.807, 2.05) is 31.0 Å². The lowest BCUT2D eigenvalue weighted by molar-refractivity contribution is 0.330. The van der Waals surface area contributed by atoms with Crippen molar-refractivity contribution in [2.75, 3.05) is 45.2 Å². The summed E-state index contributed by atoms with van der Waals surface area (Å²) in [5.41, 5.74) is 0.689. The summed E-state index contributed by atoms with van der Waals surface area (Å²) in [6, 6.07) is 3.74. The molecular weight excluding hydrogens is 354 g/mol. The van der Waals surface area contributed by atoms with E-state index in [-0.39, 0.29) is 0 Å². The van der Waals surface area contributed by atoms with Gasteiger partial charge in [-0.25, -0.2) is 4.98 Å². The zero-order chi connectivity index (χ0) is 18.9. The molecule has 0 saturated carbocycles. The van der Waals surface area contributed by atoms with Crippen LogP contribution < -0.4 is 19.1 Å². The Morgan fingerprint density at radius 2 is 1.81 bits per heavy atom. The third-order valence-corrected chi connectivity index (χ3v) is 4.43. The Morgan fingerprint density at radius 1 is 1.04 bits per heavy atom. The van der Waals surface area contributed by atoms with Crippen LogP contribution in [-0.2, 0) is 0 Å². The Balaban J connectivity index is 2.33. The number of fused-ring (bicyclic) bond motifs is 1. The Kier molecular flexibility index (Phi) is 8.04. The third kappa shape index (κ3) is 4.81. The van der Waals surface area contributed by atoms with Gasteiger partial charge in [0.15, 0.2) is 11.5 Å². The first-order valence-electron chi connectivity index (χ1n) is 8.98. The molecule has 7 heteroatoms. The van der Waals surface area contributed by atoms with Gasteiger partial charge in [0.2, 0.25) is 11.8 Å². The van der Waals surface area contributed by atoms with Crippen LogP contribution >= 0.6 is 11.6 Å². The zero-order valence-corrected chi connectivity index (χ0v) is 16.8. The lowest BCUT2D eigenvalue weighted by Gasteiger charge is -2.19. The molecule has 0 saturated heterocycles. The molecule has 0 unspecified atom stereocenters. The van der Waals surface area contributed by atoms with Gasteiger partial charge in [-0.2, -0.15) is 4.98 Å². The predicted octanol–water partition coefficient (Wildman–Crippen LogP) is 4.28. The fraction of sp³-hybridized carbons (Fsp3) is 0.579. The lowest BCUT2D eigenvalue weighted by atomic mass is 10.2. The number of rotatable bonds is 11. The van der Waals surface area contributed by atoms with Gasteiger partial charge < -0.3 is 19.1 Å². The van der Waals surface area contributed by atoms with Crippen LogP contribution in [0.4, 0.5) is 5.95 Å². The van der Waals surface area contributed by atoms with Gasteiger partial charge in [0.25, 0.3) is 0 Å². The minimum Gasteiger partial charge on any atom is -0.493 e. The molecule has 1 heterocycles. The Labute approximate surface area is 160 Å². The number of ether oxygens (including phenoxy) is 3. The van der Waals surface area contributed by atoms with Crippen molar-refractivity contribution < 1.29 is 14.2 Å². The van der Waals surface area contributed by atoms with Crippen LogP contribution in [0.1, 0.15) is 32.6 Å². The molecule has 0 amide bonds. The minimum absolute atomic E-state index is 0.530. The molecular formula is C19H28ClN3O3. The summed E-state index contributed by atoms with van der Waals surface area (Å²) in [6.07, 6.45) is 4.41. The number of unbranched alkanes of at least 4 members (excludes halogenated alkanes) is 3. The number of benzene rings is 1. The Morgan fingerprint density at radius 3 is 2.46 bits per heavy atom. The van der Waals surface area contributed by atoms with Gasteiger partial charge >= 0.3 is 0 Å². The number of alkyl halides is 1. The molecule has 0 aliphatic heterocycles. The molecule has 0 aliphatic rings. The van der Waals surface area contributed by atoms with Crippen molar-refractivity contribution >= 4 is 28.5 Å². The molecule has 2 rings (SSSR count). The van der Waals surface area contributed by atoms with Crippen molar-refractivity contribution in [1.82, 2.24) is 9.97 Å². The largest absolute Gasteiger partial charge is 0.493 e. The highest BCUT2D eigenvalue weighted by Crippen LogP contribution is 2.38. The highest BCUT2D eigenvalue weighted by molar-refractivity contribution is 6.17. The van der Waals surface area contributed by atoms with E-state index in [0.717, 1.165) is 43.5 Å². The maximum absolute atomic E-state index is 5.75. The predicted molar refractivity (Wildman–Crippen MR) is 106 cm³/mol. The van der Waals surface area contributed by atoms with Crippen molar-refractivity contribution in [3.63, 3.8) is 0 Å². The molecule has 144 valence electrons. The summed E-state index contributed by atoms with van der Waals surface area (Å²) in [7, 11) is 5.22. The summed E-state index contributed by atoms with van der Waals surface area (Å²) in [6.45, 7) is 3.34. The second kappa shape index (κ2) is 10.3. The van der Waals surface area contributed by atoms with Gasteiger partial charge in [0.05, 0.1) is 26.2 Å². The second-order valence-corrected chi connectivity index (χ2v) is 6.36. The van der Waals surface area contributed by atoms with Crippen LogP contribution in [0.5, 0.6) is 17.4 Å². The van der Waals surface area contributed by atoms with Crippen molar-refractivity contribution in [3.05, 3.63) is 12.1 Å². The van der Waals surface area contributed by atoms with E-state index in [0.29, 0.717) is 35.5 Å². The zero-order valence-electron chi connectivity index (χ0n) is 16.0. The van der Waals surface area contributed by atoms with Crippen LogP contribution in [0.15, 0.2) is 12.1 Å². The van der Waals surface area contributed by atoms with Gasteiger partial charge in [-0.3, -0.25) is 0 Å². The van der Waals surface area contributed by atoms with Crippen molar-refractivity contribution in [2.45, 2.75) is 32.6 Å². The SMILES string of the molecule is CCOc1nc(N(C)CCCCCCCl)nc2c(OC)c(OC)ccc12. The highest BCUT2D eigenvalue weighted by atomic mass is 35.5. The average molecular weight is 382 g/mol. The Bertz CT molecular complexity index is 712. The van der Waals surface area contributed by atoms with E-state index in [9.17, 15) is 0 Å². The van der Waals surface area contributed by atoms with Crippen LogP contribution in [-0.4, -0.2) is 50.3 Å². The van der Waals surface area contributed by atoms with Gasteiger partial charge in [-0.15, -0.1) is 11.6 Å². The first kappa shape index (κ1) is 20.4. The fourth-order valence-corrected chi connectivity index (χ4v) is 2.97. The number of halogens is 1. The van der Waals surface area contributed by atoms with Crippen LogP contribution in [0.2, 0.25) is 0 Å². The maximum Gasteiger partial charge on any atom is 0.229 e. The topological polar surface area (TPSA) is 56.7 Å². The number of methoxy groups -OCH3 is 2. The summed E-state index contributed by atoms with van der Waals surface area (Å²) in [4.78, 5) is 11.4. The number of hydrogen-bond acceptors (Lipinski definition) is 6. The highest BCUT2D eigenvalue weighted by Gasteiger charge is 2.18. The number of nitrogens with zero attached hydrogens (tertiary/aromatic N) is 3. The number of anilines is 1. The van der Waals surface area contributed by atoms with E-state index in [4.69, 9.17) is 30.8 Å². The monoisotopic (exact) mass is 381 g/mol. The van der Waals surface area contributed by atoms with Gasteiger partial charge in [-0.1, -0.05) is 12.8 Å². The normalized spacial score (nSPS) is 10.8. The van der Waals surface area contributed by atoms with Crippen LogP contribution in [0, 0.1) is 0 Å². The lowest BCUT2D eigenvalue weighted by Crippen LogP contribution is -2.21. The van der Waals surface area contributed by atoms with Crippen LogP contribution in [0.25, 0.3) is 10.9 Å². The van der Waals surface area contributed by atoms with Crippen LogP contribution in [0.3, 0.4) is 0 Å². The van der Waals surface area contributed by atoms with Gasteiger partial charge in [-0.05, 0) is 31.9 Å². The van der Waals surface area contributed by atoms with Crippen molar-refractivity contribution in [3.8, 4) is 17.4 Å². The molecule has 6 nitrogen and oxygen atoms in total. The molecule has 1 aromatic carbocycles. The molecule has 0 aliphatic carbocycles. The smallest absolute Gasteiger partial charge is 0.229 e. The van der Waals surface area contributed by atoms with Gasteiger partial charge in [0.1, 0.15) is 5.52 Å². The van der Waals surface area contributed by atoms with Crippen molar-refractivity contribution in [2.24, 2.45) is 0 Å². The van der Waals surface area contributed by atoms with E-state index in [1.54, 1.807) is 14.2 Å². The standard InChI is InChI=1S/C19H28ClN3O3/c1-5-26-18-14-10-11-15(24-3)17(25-4)16(14)21-19(22-18)23(2)13-9-7-6-8-12-20/h10-11H,5-9,12-13H2,1-4H3.